The summed E-state index contributed by atoms with van der Waals surface area (Å²) in [7, 11) is 1.68. The average molecular weight is 224 g/mol. The zero-order valence-electron chi connectivity index (χ0n) is 7.99. The number of nitrogens with zero attached hydrogens (tertiary/aromatic N) is 3. The first-order valence-corrected chi connectivity index (χ1v) is 4.22. The van der Waals surface area contributed by atoms with Crippen molar-refractivity contribution in [2.24, 2.45) is 0 Å². The van der Waals surface area contributed by atoms with Crippen molar-refractivity contribution in [3.05, 3.63) is 11.9 Å². The number of hydrogen-bond acceptors (Lipinski definition) is 4. The van der Waals surface area contributed by atoms with E-state index in [4.69, 9.17) is 5.11 Å². The highest BCUT2D eigenvalue weighted by molar-refractivity contribution is 4.91. The monoisotopic (exact) mass is 224 g/mol. The molecule has 0 aliphatic carbocycles. The minimum atomic E-state index is -4.63. The van der Waals surface area contributed by atoms with E-state index in [0.717, 1.165) is 4.68 Å². The van der Waals surface area contributed by atoms with Gasteiger partial charge in [0.05, 0.1) is 12.2 Å². The van der Waals surface area contributed by atoms with E-state index in [9.17, 15) is 13.2 Å². The molecule has 0 aliphatic rings. The van der Waals surface area contributed by atoms with E-state index >= 15 is 0 Å². The summed E-state index contributed by atoms with van der Waals surface area (Å²) in [6, 6.07) is 0. The van der Waals surface area contributed by atoms with Crippen LogP contribution in [0.4, 0.5) is 13.2 Å². The van der Waals surface area contributed by atoms with Crippen molar-refractivity contribution >= 4 is 0 Å². The SMILES string of the molecule is CNCc1cn(CC(O)C(F)(F)F)nn1. The standard InChI is InChI=1S/C7H11F3N4O/c1-11-2-5-3-14(13-12-5)4-6(15)7(8,9)10/h3,6,11,15H,2,4H2,1H3. The van der Waals surface area contributed by atoms with Crippen LogP contribution in [0.1, 0.15) is 5.69 Å². The van der Waals surface area contributed by atoms with Gasteiger partial charge in [0.1, 0.15) is 0 Å². The van der Waals surface area contributed by atoms with Crippen molar-refractivity contribution < 1.29 is 18.3 Å². The molecule has 1 heterocycles. The zero-order valence-corrected chi connectivity index (χ0v) is 7.99. The molecule has 0 spiro atoms. The third-order valence-corrected chi connectivity index (χ3v) is 1.68. The fourth-order valence-corrected chi connectivity index (χ4v) is 0.971. The van der Waals surface area contributed by atoms with Crippen LogP contribution in [0.2, 0.25) is 0 Å². The molecule has 1 aromatic rings. The lowest BCUT2D eigenvalue weighted by molar-refractivity contribution is -0.208. The van der Waals surface area contributed by atoms with Gasteiger partial charge in [0.25, 0.3) is 0 Å². The van der Waals surface area contributed by atoms with Gasteiger partial charge in [-0.3, -0.25) is 0 Å². The van der Waals surface area contributed by atoms with Crippen LogP contribution in [0, 0.1) is 0 Å². The second-order valence-electron chi connectivity index (χ2n) is 3.02. The van der Waals surface area contributed by atoms with Crippen LogP contribution in [0.3, 0.4) is 0 Å². The Labute approximate surface area is 83.9 Å². The zero-order chi connectivity index (χ0) is 11.5. The normalized spacial score (nSPS) is 14.2. The summed E-state index contributed by atoms with van der Waals surface area (Å²) in [5.74, 6) is 0. The summed E-state index contributed by atoms with van der Waals surface area (Å²) in [5.41, 5.74) is 0.520. The van der Waals surface area contributed by atoms with Gasteiger partial charge >= 0.3 is 6.18 Å². The molecule has 0 saturated carbocycles. The van der Waals surface area contributed by atoms with Crippen LogP contribution in [-0.4, -0.2) is 39.4 Å². The Morgan fingerprint density at radius 3 is 2.80 bits per heavy atom. The van der Waals surface area contributed by atoms with Gasteiger partial charge in [-0.2, -0.15) is 13.2 Å². The van der Waals surface area contributed by atoms with Gasteiger partial charge in [-0.15, -0.1) is 5.10 Å². The summed E-state index contributed by atoms with van der Waals surface area (Å²) >= 11 is 0. The number of aliphatic hydroxyl groups excluding tert-OH is 1. The minimum Gasteiger partial charge on any atom is -0.382 e. The van der Waals surface area contributed by atoms with Crippen molar-refractivity contribution in [3.63, 3.8) is 0 Å². The molecule has 0 radical (unpaired) electrons. The molecular weight excluding hydrogens is 213 g/mol. The molecule has 0 bridgehead atoms. The van der Waals surface area contributed by atoms with Crippen LogP contribution in [0.25, 0.3) is 0 Å². The molecule has 0 saturated heterocycles. The molecule has 2 N–H and O–H groups in total. The van der Waals surface area contributed by atoms with E-state index in [-0.39, 0.29) is 0 Å². The third kappa shape index (κ3) is 3.48. The molecule has 86 valence electrons. The highest BCUT2D eigenvalue weighted by Crippen LogP contribution is 2.20. The van der Waals surface area contributed by atoms with Gasteiger partial charge < -0.3 is 10.4 Å². The lowest BCUT2D eigenvalue weighted by Crippen LogP contribution is -2.32. The van der Waals surface area contributed by atoms with E-state index in [2.05, 4.69) is 15.6 Å². The lowest BCUT2D eigenvalue weighted by atomic mass is 10.3. The number of rotatable bonds is 4. The Morgan fingerprint density at radius 1 is 1.60 bits per heavy atom. The summed E-state index contributed by atoms with van der Waals surface area (Å²) in [6.45, 7) is -0.220. The quantitative estimate of drug-likeness (QED) is 0.751. The molecule has 0 aliphatic heterocycles. The van der Waals surface area contributed by atoms with Crippen LogP contribution < -0.4 is 5.32 Å². The Hall–Kier alpha value is -1.15. The molecule has 5 nitrogen and oxygen atoms in total. The van der Waals surface area contributed by atoms with Gasteiger partial charge in [-0.25, -0.2) is 4.68 Å². The average Bonchev–Trinajstić information content (AvgIpc) is 2.51. The van der Waals surface area contributed by atoms with Gasteiger partial charge in [-0.05, 0) is 7.05 Å². The number of halogens is 3. The van der Waals surface area contributed by atoms with Gasteiger partial charge in [0, 0.05) is 12.7 Å². The molecule has 0 amide bonds. The van der Waals surface area contributed by atoms with E-state index in [0.29, 0.717) is 12.2 Å². The highest BCUT2D eigenvalue weighted by Gasteiger charge is 2.38. The molecule has 0 fully saturated rings. The van der Waals surface area contributed by atoms with Crippen molar-refractivity contribution in [1.29, 1.82) is 0 Å². The molecule has 1 atom stereocenters. The maximum Gasteiger partial charge on any atom is 0.416 e. The molecule has 8 heteroatoms. The maximum atomic E-state index is 12.0. The smallest absolute Gasteiger partial charge is 0.382 e. The van der Waals surface area contributed by atoms with Crippen molar-refractivity contribution in [3.8, 4) is 0 Å². The predicted molar refractivity (Wildman–Crippen MR) is 44.8 cm³/mol. The fourth-order valence-electron chi connectivity index (χ4n) is 0.971. The summed E-state index contributed by atoms with van der Waals surface area (Å²) in [4.78, 5) is 0. The molecule has 15 heavy (non-hydrogen) atoms. The van der Waals surface area contributed by atoms with Crippen molar-refractivity contribution in [2.45, 2.75) is 25.4 Å². The van der Waals surface area contributed by atoms with Gasteiger partial charge in [0.2, 0.25) is 0 Å². The summed E-state index contributed by atoms with van der Waals surface area (Å²) < 4.78 is 36.9. The van der Waals surface area contributed by atoms with Gasteiger partial charge in [-0.1, -0.05) is 5.21 Å². The van der Waals surface area contributed by atoms with E-state index in [1.807, 2.05) is 0 Å². The molecule has 1 rings (SSSR count). The predicted octanol–water partition coefficient (Wildman–Crippen LogP) is -0.0793. The highest BCUT2D eigenvalue weighted by atomic mass is 19.4. The number of aliphatic hydroxyl groups is 1. The van der Waals surface area contributed by atoms with Crippen molar-refractivity contribution in [1.82, 2.24) is 20.3 Å². The van der Waals surface area contributed by atoms with E-state index in [1.165, 1.54) is 6.20 Å². The second kappa shape index (κ2) is 4.58. The molecule has 1 unspecified atom stereocenters. The van der Waals surface area contributed by atoms with Crippen LogP contribution >= 0.6 is 0 Å². The largest absolute Gasteiger partial charge is 0.416 e. The van der Waals surface area contributed by atoms with Crippen LogP contribution in [0.15, 0.2) is 6.20 Å². The van der Waals surface area contributed by atoms with Crippen molar-refractivity contribution in [2.75, 3.05) is 7.05 Å². The fraction of sp³-hybridized carbons (Fsp3) is 0.714. The first kappa shape index (κ1) is 11.9. The number of nitrogens with one attached hydrogen (secondary N) is 1. The number of hydrogen-bond donors (Lipinski definition) is 2. The third-order valence-electron chi connectivity index (χ3n) is 1.68. The van der Waals surface area contributed by atoms with Crippen LogP contribution in [-0.2, 0) is 13.1 Å². The van der Waals surface area contributed by atoms with E-state index in [1.54, 1.807) is 7.05 Å². The lowest BCUT2D eigenvalue weighted by Gasteiger charge is -2.13. The second-order valence-corrected chi connectivity index (χ2v) is 3.02. The van der Waals surface area contributed by atoms with E-state index < -0.39 is 18.8 Å². The first-order valence-electron chi connectivity index (χ1n) is 4.22. The topological polar surface area (TPSA) is 63.0 Å². The Bertz CT molecular complexity index is 311. The Morgan fingerprint density at radius 2 is 2.27 bits per heavy atom. The van der Waals surface area contributed by atoms with Crippen LogP contribution in [0.5, 0.6) is 0 Å². The van der Waals surface area contributed by atoms with Gasteiger partial charge in [0.15, 0.2) is 6.10 Å². The minimum absolute atomic E-state index is 0.419. The summed E-state index contributed by atoms with van der Waals surface area (Å²) in [5, 5.41) is 18.6. The Kier molecular flexibility index (Phi) is 3.64. The summed E-state index contributed by atoms with van der Waals surface area (Å²) in [6.07, 6.45) is -5.69. The number of aromatic nitrogens is 3. The molecule has 1 aromatic heterocycles. The molecular formula is C7H11F3N4O. The molecule has 0 aromatic carbocycles. The first-order chi connectivity index (χ1) is 6.93. The Balaban J connectivity index is 2.57. The number of alkyl halides is 3. The maximum absolute atomic E-state index is 12.0.